The monoisotopic (exact) mass is 272 g/mol. The first-order valence-electron chi connectivity index (χ1n) is 7.85. The Labute approximate surface area is 121 Å². The third kappa shape index (κ3) is 2.35. The van der Waals surface area contributed by atoms with Gasteiger partial charge in [-0.3, -0.25) is 10.1 Å². The van der Waals surface area contributed by atoms with Gasteiger partial charge in [0.15, 0.2) is 0 Å². The fourth-order valence-electron chi connectivity index (χ4n) is 3.61. The second-order valence-corrected chi connectivity index (χ2v) is 6.13. The van der Waals surface area contributed by atoms with Gasteiger partial charge in [0.25, 0.3) is 0 Å². The summed E-state index contributed by atoms with van der Waals surface area (Å²) < 4.78 is 0. The predicted molar refractivity (Wildman–Crippen MR) is 80.2 cm³/mol. The Hall–Kier alpha value is -1.35. The molecule has 108 valence electrons. The van der Waals surface area contributed by atoms with Crippen LogP contribution in [0, 0.1) is 6.92 Å². The fraction of sp³-hybridized carbons (Fsp3) is 0.588. The summed E-state index contributed by atoms with van der Waals surface area (Å²) >= 11 is 0. The zero-order valence-electron chi connectivity index (χ0n) is 12.4. The highest BCUT2D eigenvalue weighted by atomic mass is 16.2. The Kier molecular flexibility index (Phi) is 3.79. The Bertz CT molecular complexity index is 494. The van der Waals surface area contributed by atoms with Crippen LogP contribution < -0.4 is 5.32 Å². The molecule has 0 radical (unpaired) electrons. The van der Waals surface area contributed by atoms with Gasteiger partial charge in [-0.25, -0.2) is 0 Å². The van der Waals surface area contributed by atoms with Crippen LogP contribution in [0.2, 0.25) is 0 Å². The lowest BCUT2D eigenvalue weighted by Crippen LogP contribution is -2.38. The van der Waals surface area contributed by atoms with E-state index >= 15 is 0 Å². The third-order valence-corrected chi connectivity index (χ3v) is 4.67. The fourth-order valence-corrected chi connectivity index (χ4v) is 3.61. The lowest BCUT2D eigenvalue weighted by atomic mass is 10.1. The number of aryl methyl sites for hydroxylation is 1. The van der Waals surface area contributed by atoms with Crippen molar-refractivity contribution in [2.24, 2.45) is 0 Å². The van der Waals surface area contributed by atoms with Crippen molar-refractivity contribution in [3.8, 4) is 0 Å². The molecular formula is C17H24N2O. The molecule has 0 bridgehead atoms. The molecule has 3 heteroatoms. The molecule has 3 nitrogen and oxygen atoms in total. The molecule has 1 saturated carbocycles. The molecule has 1 saturated heterocycles. The summed E-state index contributed by atoms with van der Waals surface area (Å²) in [6.45, 7) is 4.19. The number of hydrogen-bond donors (Lipinski definition) is 1. The maximum atomic E-state index is 12.7. The van der Waals surface area contributed by atoms with Gasteiger partial charge in [-0.15, -0.1) is 0 Å². The van der Waals surface area contributed by atoms with Gasteiger partial charge in [0, 0.05) is 6.04 Å². The minimum absolute atomic E-state index is 0.0129. The molecule has 1 aromatic rings. The molecule has 1 aliphatic heterocycles. The Morgan fingerprint density at radius 3 is 2.70 bits per heavy atom. The molecule has 3 rings (SSSR count). The second kappa shape index (κ2) is 5.57. The van der Waals surface area contributed by atoms with Crippen molar-refractivity contribution in [3.63, 3.8) is 0 Å². The molecule has 2 fully saturated rings. The first kappa shape index (κ1) is 13.6. The van der Waals surface area contributed by atoms with Crippen molar-refractivity contribution in [2.75, 3.05) is 0 Å². The first-order valence-corrected chi connectivity index (χ1v) is 7.85. The summed E-state index contributed by atoms with van der Waals surface area (Å²) in [5.74, 6) is 0.297. The van der Waals surface area contributed by atoms with Gasteiger partial charge in [0.1, 0.15) is 6.17 Å². The van der Waals surface area contributed by atoms with Crippen LogP contribution in [0.4, 0.5) is 0 Å². The van der Waals surface area contributed by atoms with Gasteiger partial charge in [0.2, 0.25) is 5.91 Å². The smallest absolute Gasteiger partial charge is 0.241 e. The maximum absolute atomic E-state index is 12.7. The van der Waals surface area contributed by atoms with Gasteiger partial charge in [0.05, 0.1) is 6.04 Å². The highest BCUT2D eigenvalue weighted by Gasteiger charge is 2.42. The Morgan fingerprint density at radius 2 is 2.05 bits per heavy atom. The van der Waals surface area contributed by atoms with Crippen LogP contribution in [-0.4, -0.2) is 22.9 Å². The van der Waals surface area contributed by atoms with Crippen LogP contribution >= 0.6 is 0 Å². The summed E-state index contributed by atoms with van der Waals surface area (Å²) in [5.41, 5.74) is 2.48. The molecule has 0 aromatic heterocycles. The lowest BCUT2D eigenvalue weighted by molar-refractivity contribution is -0.132. The van der Waals surface area contributed by atoms with Gasteiger partial charge < -0.3 is 4.90 Å². The van der Waals surface area contributed by atoms with Crippen LogP contribution in [0.15, 0.2) is 24.3 Å². The van der Waals surface area contributed by atoms with E-state index in [1.165, 1.54) is 24.0 Å². The first-order chi connectivity index (χ1) is 9.70. The summed E-state index contributed by atoms with van der Waals surface area (Å²) in [5, 5.41) is 3.54. The summed E-state index contributed by atoms with van der Waals surface area (Å²) in [6, 6.07) is 8.95. The molecule has 2 unspecified atom stereocenters. The summed E-state index contributed by atoms with van der Waals surface area (Å²) in [7, 11) is 0. The zero-order valence-corrected chi connectivity index (χ0v) is 12.4. The number of rotatable bonds is 3. The minimum atomic E-state index is -0.0129. The molecule has 20 heavy (non-hydrogen) atoms. The van der Waals surface area contributed by atoms with Crippen molar-refractivity contribution in [1.82, 2.24) is 10.2 Å². The van der Waals surface area contributed by atoms with Crippen LogP contribution in [0.3, 0.4) is 0 Å². The van der Waals surface area contributed by atoms with E-state index in [0.29, 0.717) is 11.9 Å². The number of nitrogens with zero attached hydrogens (tertiary/aromatic N) is 1. The molecule has 2 aliphatic rings. The van der Waals surface area contributed by atoms with Crippen LogP contribution in [0.1, 0.15) is 56.3 Å². The van der Waals surface area contributed by atoms with Crippen molar-refractivity contribution in [3.05, 3.63) is 35.4 Å². The Morgan fingerprint density at radius 1 is 1.30 bits per heavy atom. The van der Waals surface area contributed by atoms with Gasteiger partial charge >= 0.3 is 0 Å². The van der Waals surface area contributed by atoms with Crippen molar-refractivity contribution in [1.29, 1.82) is 0 Å². The second-order valence-electron chi connectivity index (χ2n) is 6.13. The highest BCUT2D eigenvalue weighted by molar-refractivity contribution is 5.84. The summed E-state index contributed by atoms with van der Waals surface area (Å²) in [6.07, 6.45) is 5.76. The van der Waals surface area contributed by atoms with Crippen molar-refractivity contribution < 1.29 is 4.79 Å². The van der Waals surface area contributed by atoms with E-state index in [-0.39, 0.29) is 12.2 Å². The topological polar surface area (TPSA) is 32.3 Å². The quantitative estimate of drug-likeness (QED) is 0.916. The largest absolute Gasteiger partial charge is 0.319 e. The van der Waals surface area contributed by atoms with E-state index in [4.69, 9.17) is 0 Å². The maximum Gasteiger partial charge on any atom is 0.241 e. The standard InChI is InChI=1S/C17H24N2O/c1-3-15-17(20)19(14-9-4-5-10-14)16(18-15)13-8-6-7-12(2)11-13/h6-8,11,14-16,18H,3-5,9-10H2,1-2H3. The highest BCUT2D eigenvalue weighted by Crippen LogP contribution is 2.34. The Balaban J connectivity index is 1.92. The van der Waals surface area contributed by atoms with Crippen LogP contribution in [-0.2, 0) is 4.79 Å². The van der Waals surface area contributed by atoms with E-state index in [0.717, 1.165) is 19.3 Å². The molecule has 1 heterocycles. The molecule has 1 N–H and O–H groups in total. The number of amides is 1. The molecule has 1 aliphatic carbocycles. The van der Waals surface area contributed by atoms with E-state index in [1.54, 1.807) is 0 Å². The molecular weight excluding hydrogens is 248 g/mol. The van der Waals surface area contributed by atoms with Crippen LogP contribution in [0.25, 0.3) is 0 Å². The zero-order chi connectivity index (χ0) is 14.1. The van der Waals surface area contributed by atoms with Gasteiger partial charge in [-0.1, -0.05) is 49.6 Å². The molecule has 0 spiro atoms. The van der Waals surface area contributed by atoms with Gasteiger partial charge in [-0.2, -0.15) is 0 Å². The third-order valence-electron chi connectivity index (χ3n) is 4.67. The molecule has 1 amide bonds. The average molecular weight is 272 g/mol. The van der Waals surface area contributed by atoms with E-state index in [2.05, 4.69) is 48.3 Å². The van der Waals surface area contributed by atoms with Gasteiger partial charge in [-0.05, 0) is 31.7 Å². The normalized spacial score (nSPS) is 27.5. The number of nitrogens with one attached hydrogen (secondary N) is 1. The number of carbonyl (C=O) groups excluding carboxylic acids is 1. The number of benzene rings is 1. The predicted octanol–water partition coefficient (Wildman–Crippen LogP) is 3.15. The van der Waals surface area contributed by atoms with Crippen LogP contribution in [0.5, 0.6) is 0 Å². The number of hydrogen-bond acceptors (Lipinski definition) is 2. The van der Waals surface area contributed by atoms with Crippen molar-refractivity contribution >= 4 is 5.91 Å². The number of carbonyl (C=O) groups is 1. The molecule has 1 aromatic carbocycles. The summed E-state index contributed by atoms with van der Waals surface area (Å²) in [4.78, 5) is 14.8. The minimum Gasteiger partial charge on any atom is -0.319 e. The molecule has 2 atom stereocenters. The SMILES string of the molecule is CCC1NC(c2cccc(C)c2)N(C2CCCC2)C1=O. The van der Waals surface area contributed by atoms with E-state index in [1.807, 2.05) is 0 Å². The average Bonchev–Trinajstić information content (AvgIpc) is 3.05. The van der Waals surface area contributed by atoms with Crippen molar-refractivity contribution in [2.45, 2.75) is 64.2 Å². The lowest BCUT2D eigenvalue weighted by Gasteiger charge is -2.30. The van der Waals surface area contributed by atoms with E-state index < -0.39 is 0 Å². The van der Waals surface area contributed by atoms with E-state index in [9.17, 15) is 4.79 Å².